The van der Waals surface area contributed by atoms with Crippen molar-refractivity contribution in [1.29, 1.82) is 0 Å². The van der Waals surface area contributed by atoms with Gasteiger partial charge in [0.1, 0.15) is 11.5 Å². The van der Waals surface area contributed by atoms with Gasteiger partial charge in [-0.25, -0.2) is 9.78 Å². The van der Waals surface area contributed by atoms with Gasteiger partial charge in [0.25, 0.3) is 5.56 Å². The Hall–Kier alpha value is -3.58. The van der Waals surface area contributed by atoms with Crippen molar-refractivity contribution in [3.8, 4) is 11.1 Å². The van der Waals surface area contributed by atoms with E-state index in [4.69, 9.17) is 17.3 Å². The van der Waals surface area contributed by atoms with Gasteiger partial charge in [-0.2, -0.15) is 0 Å². The van der Waals surface area contributed by atoms with Gasteiger partial charge in [0.15, 0.2) is 0 Å². The molecule has 0 aliphatic carbocycles. The molecule has 4 rings (SSSR count). The predicted octanol–water partition coefficient (Wildman–Crippen LogP) is 3.38. The van der Waals surface area contributed by atoms with Crippen molar-refractivity contribution in [2.24, 2.45) is 7.05 Å². The van der Waals surface area contributed by atoms with Gasteiger partial charge in [-0.15, -0.1) is 0 Å². The molecule has 7 nitrogen and oxygen atoms in total. The second-order valence-electron chi connectivity index (χ2n) is 6.70. The number of benzene rings is 1. The lowest BCUT2D eigenvalue weighted by atomic mass is 10.0. The number of halogens is 1. The fourth-order valence-corrected chi connectivity index (χ4v) is 3.72. The van der Waals surface area contributed by atoms with E-state index in [0.717, 1.165) is 5.56 Å². The molecule has 0 unspecified atom stereocenters. The molecular formula is C21H17ClN4O3. The number of nitrogen functional groups attached to an aromatic ring is 1. The van der Waals surface area contributed by atoms with E-state index in [-0.39, 0.29) is 17.8 Å². The Morgan fingerprint density at radius 3 is 2.76 bits per heavy atom. The molecule has 0 atom stereocenters. The standard InChI is InChI=1S/C21H17ClN4O3/c1-25-8-2-3-14(20(25)27)18-15-10-13(22)4-5-16(15)26(19(18)21(28)29)11-12-6-7-24-17(23)9-12/h2-10H,11H2,1H3,(H2,23,24)(H,28,29). The van der Waals surface area contributed by atoms with Gasteiger partial charge < -0.3 is 20.0 Å². The van der Waals surface area contributed by atoms with Crippen LogP contribution in [0.15, 0.2) is 59.7 Å². The third-order valence-corrected chi connectivity index (χ3v) is 5.04. The molecule has 8 heteroatoms. The first kappa shape index (κ1) is 18.8. The van der Waals surface area contributed by atoms with Crippen LogP contribution in [0, 0.1) is 0 Å². The number of nitrogens with two attached hydrogens (primary N) is 1. The number of aryl methyl sites for hydroxylation is 1. The highest BCUT2D eigenvalue weighted by Gasteiger charge is 2.25. The van der Waals surface area contributed by atoms with Crippen molar-refractivity contribution < 1.29 is 9.90 Å². The van der Waals surface area contributed by atoms with Gasteiger partial charge in [-0.3, -0.25) is 4.79 Å². The number of carbonyl (C=O) groups is 1. The highest BCUT2D eigenvalue weighted by atomic mass is 35.5. The molecule has 29 heavy (non-hydrogen) atoms. The van der Waals surface area contributed by atoms with Crippen LogP contribution in [0.5, 0.6) is 0 Å². The Balaban J connectivity index is 2.09. The van der Waals surface area contributed by atoms with Crippen molar-refractivity contribution in [1.82, 2.24) is 14.1 Å². The number of rotatable bonds is 4. The van der Waals surface area contributed by atoms with Crippen LogP contribution in [0.1, 0.15) is 16.1 Å². The van der Waals surface area contributed by atoms with Gasteiger partial charge in [0.05, 0.1) is 5.56 Å². The molecule has 0 saturated carbocycles. The maximum absolute atomic E-state index is 12.8. The summed E-state index contributed by atoms with van der Waals surface area (Å²) in [5, 5.41) is 11.1. The van der Waals surface area contributed by atoms with E-state index < -0.39 is 5.97 Å². The summed E-state index contributed by atoms with van der Waals surface area (Å²) in [6.45, 7) is 0.250. The molecule has 0 aliphatic rings. The number of hydrogen-bond acceptors (Lipinski definition) is 4. The minimum Gasteiger partial charge on any atom is -0.477 e. The number of carboxylic acids is 1. The highest BCUT2D eigenvalue weighted by molar-refractivity contribution is 6.31. The van der Waals surface area contributed by atoms with Gasteiger partial charge in [-0.05, 0) is 48.0 Å². The summed E-state index contributed by atoms with van der Waals surface area (Å²) < 4.78 is 3.07. The van der Waals surface area contributed by atoms with Crippen molar-refractivity contribution >= 4 is 34.3 Å². The third-order valence-electron chi connectivity index (χ3n) is 4.81. The Morgan fingerprint density at radius 2 is 2.03 bits per heavy atom. The van der Waals surface area contributed by atoms with Crippen LogP contribution in [-0.2, 0) is 13.6 Å². The van der Waals surface area contributed by atoms with Crippen LogP contribution in [0.4, 0.5) is 5.82 Å². The molecular weight excluding hydrogens is 392 g/mol. The summed E-state index contributed by atoms with van der Waals surface area (Å²) in [6, 6.07) is 11.9. The van der Waals surface area contributed by atoms with Crippen molar-refractivity contribution in [2.45, 2.75) is 6.54 Å². The fraction of sp³-hybridized carbons (Fsp3) is 0.0952. The zero-order chi connectivity index (χ0) is 20.7. The number of hydrogen-bond donors (Lipinski definition) is 2. The summed E-state index contributed by atoms with van der Waals surface area (Å²) in [4.78, 5) is 29.1. The second-order valence-corrected chi connectivity index (χ2v) is 7.14. The van der Waals surface area contributed by atoms with Crippen LogP contribution in [0.2, 0.25) is 5.02 Å². The molecule has 0 spiro atoms. The van der Waals surface area contributed by atoms with Gasteiger partial charge in [-0.1, -0.05) is 11.6 Å². The Morgan fingerprint density at radius 1 is 1.24 bits per heavy atom. The molecule has 0 bridgehead atoms. The van der Waals surface area contributed by atoms with Gasteiger partial charge in [0.2, 0.25) is 0 Å². The molecule has 3 aromatic heterocycles. The first-order valence-electron chi connectivity index (χ1n) is 8.78. The van der Waals surface area contributed by atoms with E-state index in [2.05, 4.69) is 4.98 Å². The van der Waals surface area contributed by atoms with Gasteiger partial charge in [0, 0.05) is 47.5 Å². The summed E-state index contributed by atoms with van der Waals surface area (Å²) >= 11 is 6.21. The second kappa shape index (κ2) is 7.10. The first-order valence-corrected chi connectivity index (χ1v) is 9.16. The van der Waals surface area contributed by atoms with Crippen LogP contribution < -0.4 is 11.3 Å². The number of anilines is 1. The quantitative estimate of drug-likeness (QED) is 0.538. The van der Waals surface area contributed by atoms with E-state index in [1.165, 1.54) is 4.57 Å². The lowest BCUT2D eigenvalue weighted by molar-refractivity contribution is 0.0687. The fourth-order valence-electron chi connectivity index (χ4n) is 3.55. The van der Waals surface area contributed by atoms with E-state index in [9.17, 15) is 14.7 Å². The maximum Gasteiger partial charge on any atom is 0.353 e. The van der Waals surface area contributed by atoms with Crippen LogP contribution in [-0.4, -0.2) is 25.2 Å². The molecule has 146 valence electrons. The van der Waals surface area contributed by atoms with Crippen molar-refractivity contribution in [3.63, 3.8) is 0 Å². The highest BCUT2D eigenvalue weighted by Crippen LogP contribution is 2.35. The van der Waals surface area contributed by atoms with Crippen LogP contribution in [0.25, 0.3) is 22.0 Å². The third kappa shape index (κ3) is 3.25. The molecule has 0 fully saturated rings. The number of aromatic carboxylic acids is 1. The Labute approximate surface area is 170 Å². The molecule has 0 amide bonds. The van der Waals surface area contributed by atoms with E-state index in [1.54, 1.807) is 66.5 Å². The zero-order valence-electron chi connectivity index (χ0n) is 15.5. The largest absolute Gasteiger partial charge is 0.477 e. The molecule has 3 heterocycles. The van der Waals surface area contributed by atoms with E-state index in [1.807, 2.05) is 0 Å². The molecule has 1 aromatic carbocycles. The van der Waals surface area contributed by atoms with Crippen LogP contribution in [0.3, 0.4) is 0 Å². The molecule has 0 saturated heterocycles. The van der Waals surface area contributed by atoms with Crippen molar-refractivity contribution in [3.05, 3.63) is 81.5 Å². The smallest absolute Gasteiger partial charge is 0.353 e. The SMILES string of the molecule is Cn1cccc(-c2c(C(=O)O)n(Cc3ccnc(N)c3)c3ccc(Cl)cc23)c1=O. The Kier molecular flexibility index (Phi) is 4.60. The number of aromatic nitrogens is 3. The first-order chi connectivity index (χ1) is 13.9. The molecule has 0 radical (unpaired) electrons. The van der Waals surface area contributed by atoms with Gasteiger partial charge >= 0.3 is 5.97 Å². The zero-order valence-corrected chi connectivity index (χ0v) is 16.2. The maximum atomic E-state index is 12.8. The average molecular weight is 409 g/mol. The lowest BCUT2D eigenvalue weighted by Crippen LogP contribution is -2.19. The number of pyridine rings is 2. The van der Waals surface area contributed by atoms with Crippen molar-refractivity contribution in [2.75, 3.05) is 5.73 Å². The molecule has 4 aromatic rings. The summed E-state index contributed by atoms with van der Waals surface area (Å²) in [5.74, 6) is -0.795. The molecule has 0 aliphatic heterocycles. The van der Waals surface area contributed by atoms with Crippen LogP contribution >= 0.6 is 11.6 Å². The Bertz CT molecular complexity index is 1320. The molecule has 3 N–H and O–H groups in total. The number of carboxylic acid groups (broad SMARTS) is 1. The summed E-state index contributed by atoms with van der Waals surface area (Å²) in [6.07, 6.45) is 3.19. The van der Waals surface area contributed by atoms with E-state index in [0.29, 0.717) is 32.9 Å². The monoisotopic (exact) mass is 408 g/mol. The minimum atomic E-state index is -1.14. The topological polar surface area (TPSA) is 103 Å². The van der Waals surface area contributed by atoms with E-state index >= 15 is 0 Å². The number of fused-ring (bicyclic) bond motifs is 1. The normalized spacial score (nSPS) is 11.1. The average Bonchev–Trinajstić information content (AvgIpc) is 2.97. The summed E-state index contributed by atoms with van der Waals surface area (Å²) in [5.41, 5.74) is 7.59. The summed E-state index contributed by atoms with van der Waals surface area (Å²) in [7, 11) is 1.62. The minimum absolute atomic E-state index is 0.0148. The number of nitrogens with zero attached hydrogens (tertiary/aromatic N) is 3. The lowest BCUT2D eigenvalue weighted by Gasteiger charge is -2.10. The predicted molar refractivity (Wildman–Crippen MR) is 112 cm³/mol.